The van der Waals surface area contributed by atoms with Crippen molar-refractivity contribution in [3.05, 3.63) is 77.1 Å². The molecule has 3 aromatic rings. The molecule has 1 atom stereocenters. The highest BCUT2D eigenvalue weighted by molar-refractivity contribution is 6.15. The number of methoxy groups -OCH3 is 1. The second kappa shape index (κ2) is 10.9. The van der Waals surface area contributed by atoms with Crippen LogP contribution < -0.4 is 21.1 Å². The second-order valence-electron chi connectivity index (χ2n) is 8.54. The average Bonchev–Trinajstić information content (AvgIpc) is 2.87. The van der Waals surface area contributed by atoms with Crippen molar-refractivity contribution in [3.8, 4) is 5.75 Å². The van der Waals surface area contributed by atoms with Crippen molar-refractivity contribution >= 4 is 29.0 Å². The molecule has 0 radical (unpaired) electrons. The number of hydrogen-bond donors (Lipinski definition) is 4. The lowest BCUT2D eigenvalue weighted by atomic mass is 9.94. The van der Waals surface area contributed by atoms with Gasteiger partial charge in [0.25, 0.3) is 5.91 Å². The van der Waals surface area contributed by atoms with Gasteiger partial charge >= 0.3 is 0 Å². The maximum absolute atomic E-state index is 12.5. The van der Waals surface area contributed by atoms with Gasteiger partial charge in [-0.15, -0.1) is 0 Å². The van der Waals surface area contributed by atoms with E-state index in [1.807, 2.05) is 35.6 Å². The summed E-state index contributed by atoms with van der Waals surface area (Å²) in [5.74, 6) is 1.35. The molecule has 6 N–H and O–H groups in total. The number of amides is 1. The van der Waals surface area contributed by atoms with E-state index in [1.165, 1.54) is 13.4 Å². The molecule has 1 heterocycles. The van der Waals surface area contributed by atoms with E-state index >= 15 is 0 Å². The highest BCUT2D eigenvalue weighted by atomic mass is 16.5. The topological polar surface area (TPSA) is 148 Å². The Morgan fingerprint density at radius 1 is 1.20 bits per heavy atom. The molecule has 4 rings (SSSR count). The van der Waals surface area contributed by atoms with Gasteiger partial charge in [-0.1, -0.05) is 36.4 Å². The Kier molecular flexibility index (Phi) is 7.47. The minimum Gasteiger partial charge on any atom is -0.496 e. The molecule has 1 unspecified atom stereocenters. The Morgan fingerprint density at radius 2 is 1.97 bits per heavy atom. The van der Waals surface area contributed by atoms with Crippen molar-refractivity contribution in [2.24, 2.45) is 0 Å². The highest BCUT2D eigenvalue weighted by Gasteiger charge is 2.27. The first-order chi connectivity index (χ1) is 17.0. The molecule has 180 valence electrons. The van der Waals surface area contributed by atoms with Gasteiger partial charge in [0.15, 0.2) is 0 Å². The SMILES string of the molecule is COc1ccccc1C(=O)NCc1ccc(C(=N)c2c(N)ncnc2[NH2+]C2CCCC(=O)C2)cc1. The lowest BCUT2D eigenvalue weighted by Crippen LogP contribution is -2.86. The minimum absolute atomic E-state index is 0.0892. The minimum atomic E-state index is -0.227. The first-order valence-corrected chi connectivity index (χ1v) is 11.5. The van der Waals surface area contributed by atoms with Crippen molar-refractivity contribution in [1.82, 2.24) is 15.3 Å². The maximum Gasteiger partial charge on any atom is 0.255 e. The first-order valence-electron chi connectivity index (χ1n) is 11.5. The van der Waals surface area contributed by atoms with Gasteiger partial charge < -0.3 is 15.8 Å². The van der Waals surface area contributed by atoms with E-state index in [1.54, 1.807) is 18.2 Å². The van der Waals surface area contributed by atoms with Gasteiger partial charge in [0.1, 0.15) is 29.2 Å². The lowest BCUT2D eigenvalue weighted by Gasteiger charge is -2.20. The summed E-state index contributed by atoms with van der Waals surface area (Å²) >= 11 is 0. The number of nitrogens with two attached hydrogens (primary N) is 2. The third-order valence-electron chi connectivity index (χ3n) is 6.12. The molecule has 35 heavy (non-hydrogen) atoms. The fraction of sp³-hybridized carbons (Fsp3) is 0.269. The zero-order chi connectivity index (χ0) is 24.8. The number of nitrogens with zero attached hydrogens (tertiary/aromatic N) is 2. The summed E-state index contributed by atoms with van der Waals surface area (Å²) < 4.78 is 5.25. The van der Waals surface area contributed by atoms with Crippen molar-refractivity contribution in [1.29, 1.82) is 5.41 Å². The van der Waals surface area contributed by atoms with Crippen LogP contribution in [0.1, 0.15) is 52.7 Å². The molecule has 1 saturated carbocycles. The first kappa shape index (κ1) is 24.0. The van der Waals surface area contributed by atoms with Gasteiger partial charge in [-0.25, -0.2) is 4.98 Å². The normalized spacial score (nSPS) is 15.5. The van der Waals surface area contributed by atoms with Crippen molar-refractivity contribution in [3.63, 3.8) is 0 Å². The van der Waals surface area contributed by atoms with Crippen LogP contribution in [0, 0.1) is 5.41 Å². The molecule has 0 aliphatic heterocycles. The molecule has 9 heteroatoms. The van der Waals surface area contributed by atoms with E-state index in [-0.39, 0.29) is 29.3 Å². The van der Waals surface area contributed by atoms with Crippen molar-refractivity contribution < 1.29 is 19.6 Å². The van der Waals surface area contributed by atoms with Gasteiger partial charge in [-0.3, -0.25) is 20.3 Å². The number of carbonyl (C=O) groups is 2. The summed E-state index contributed by atoms with van der Waals surface area (Å²) in [7, 11) is 1.53. The van der Waals surface area contributed by atoms with Gasteiger partial charge in [0, 0.05) is 24.9 Å². The molecule has 1 amide bonds. The zero-order valence-corrected chi connectivity index (χ0v) is 19.6. The Labute approximate surface area is 203 Å². The monoisotopic (exact) mass is 473 g/mol. The average molecular weight is 474 g/mol. The number of hydrogen-bond acceptors (Lipinski definition) is 7. The third kappa shape index (κ3) is 5.70. The van der Waals surface area contributed by atoms with Gasteiger partial charge in [-0.2, -0.15) is 4.98 Å². The fourth-order valence-electron chi connectivity index (χ4n) is 4.26. The van der Waals surface area contributed by atoms with E-state index in [0.717, 1.165) is 18.4 Å². The maximum atomic E-state index is 12.5. The number of ether oxygens (including phenoxy) is 1. The van der Waals surface area contributed by atoms with E-state index in [4.69, 9.17) is 15.9 Å². The Morgan fingerprint density at radius 3 is 2.71 bits per heavy atom. The van der Waals surface area contributed by atoms with Gasteiger partial charge in [0.05, 0.1) is 30.8 Å². The number of Topliss-reactive ketones (excluding diaryl/α,β-unsaturated/α-hetero) is 1. The highest BCUT2D eigenvalue weighted by Crippen LogP contribution is 2.21. The van der Waals surface area contributed by atoms with Crippen LogP contribution in [0.5, 0.6) is 5.75 Å². The molecule has 0 spiro atoms. The van der Waals surface area contributed by atoms with Gasteiger partial charge in [-0.05, 0) is 24.1 Å². The van der Waals surface area contributed by atoms with Crippen molar-refractivity contribution in [2.75, 3.05) is 12.8 Å². The number of aromatic nitrogens is 2. The molecule has 0 bridgehead atoms. The molecular formula is C26H29N6O3+. The molecular weight excluding hydrogens is 444 g/mol. The largest absolute Gasteiger partial charge is 0.496 e. The van der Waals surface area contributed by atoms with Crippen LogP contribution in [0.4, 0.5) is 11.6 Å². The Bertz CT molecular complexity index is 1240. The summed E-state index contributed by atoms with van der Waals surface area (Å²) in [6.07, 6.45) is 4.28. The number of quaternary nitrogens is 1. The van der Waals surface area contributed by atoms with E-state index in [9.17, 15) is 9.59 Å². The predicted octanol–water partition coefficient (Wildman–Crippen LogP) is 2.12. The number of nitrogen functional groups attached to an aromatic ring is 1. The Balaban J connectivity index is 1.45. The summed E-state index contributed by atoms with van der Waals surface area (Å²) in [5, 5.41) is 13.6. The van der Waals surface area contributed by atoms with Crippen LogP contribution in [0.3, 0.4) is 0 Å². The molecule has 2 aromatic carbocycles. The van der Waals surface area contributed by atoms with Crippen LogP contribution in [0.25, 0.3) is 0 Å². The number of benzene rings is 2. The molecule has 1 aliphatic rings. The second-order valence-corrected chi connectivity index (χ2v) is 8.54. The summed E-state index contributed by atoms with van der Waals surface area (Å²) in [6.45, 7) is 0.329. The zero-order valence-electron chi connectivity index (χ0n) is 19.6. The summed E-state index contributed by atoms with van der Waals surface area (Å²) in [4.78, 5) is 32.8. The smallest absolute Gasteiger partial charge is 0.255 e. The molecule has 0 saturated heterocycles. The van der Waals surface area contributed by atoms with Crippen LogP contribution in [-0.2, 0) is 11.3 Å². The quantitative estimate of drug-likeness (QED) is 0.368. The molecule has 1 aliphatic carbocycles. The van der Waals surface area contributed by atoms with Gasteiger partial charge in [0.2, 0.25) is 5.82 Å². The Hall–Kier alpha value is -4.11. The van der Waals surface area contributed by atoms with Crippen LogP contribution in [-0.4, -0.2) is 40.5 Å². The fourth-order valence-corrected chi connectivity index (χ4v) is 4.26. The number of nitrogens with one attached hydrogen (secondary N) is 2. The van der Waals surface area contributed by atoms with Crippen molar-refractivity contribution in [2.45, 2.75) is 38.3 Å². The standard InChI is InChI=1S/C26H28N6O3/c1-35-21-8-3-2-7-20(21)26(34)29-14-16-9-11-17(12-10-16)23(27)22-24(28)30-15-31-25(22)32-18-5-4-6-19(33)13-18/h2-3,7-12,15,18,27H,4-6,13-14H2,1H3,(H,29,34)(H3,28,30,31,32)/p+1. The lowest BCUT2D eigenvalue weighted by molar-refractivity contribution is -0.615. The van der Waals surface area contributed by atoms with E-state index < -0.39 is 0 Å². The number of anilines is 1. The van der Waals surface area contributed by atoms with Crippen LogP contribution in [0.2, 0.25) is 0 Å². The third-order valence-corrected chi connectivity index (χ3v) is 6.12. The number of carbonyl (C=O) groups excluding carboxylic acids is 2. The number of rotatable bonds is 8. The predicted molar refractivity (Wildman–Crippen MR) is 132 cm³/mol. The molecule has 1 aromatic heterocycles. The van der Waals surface area contributed by atoms with E-state index in [0.29, 0.717) is 47.6 Å². The van der Waals surface area contributed by atoms with Crippen LogP contribution in [0.15, 0.2) is 54.9 Å². The number of ketones is 1. The van der Waals surface area contributed by atoms with E-state index in [2.05, 4.69) is 15.3 Å². The molecule has 1 fully saturated rings. The van der Waals surface area contributed by atoms with Crippen LogP contribution >= 0.6 is 0 Å². The molecule has 9 nitrogen and oxygen atoms in total. The summed E-state index contributed by atoms with van der Waals surface area (Å²) in [6, 6.07) is 14.5. The number of para-hydroxylation sites is 1. The summed E-state index contributed by atoms with van der Waals surface area (Å²) in [5.41, 5.74) is 8.82.